The summed E-state index contributed by atoms with van der Waals surface area (Å²) in [6, 6.07) is 32.5. The van der Waals surface area contributed by atoms with E-state index in [1.165, 1.54) is 0 Å². The van der Waals surface area contributed by atoms with E-state index in [9.17, 15) is 4.79 Å². The monoisotopic (exact) mass is 544 g/mol. The Kier molecular flexibility index (Phi) is 7.28. The SMILES string of the molecule is COc1ccc(C2=NN(C(=O)COc3ccc(-c4nnc(-c5ccccc5)o4)cc3)C(c3ccc(C)cc3)C2)cc1. The highest BCUT2D eigenvalue weighted by Gasteiger charge is 2.33. The van der Waals surface area contributed by atoms with Gasteiger partial charge in [0.05, 0.1) is 18.9 Å². The molecule has 1 amide bonds. The molecule has 0 fully saturated rings. The van der Waals surface area contributed by atoms with Crippen molar-refractivity contribution in [3.8, 4) is 34.4 Å². The maximum absolute atomic E-state index is 13.4. The van der Waals surface area contributed by atoms with Crippen molar-refractivity contribution < 1.29 is 18.7 Å². The quantitative estimate of drug-likeness (QED) is 0.222. The van der Waals surface area contributed by atoms with Gasteiger partial charge in [-0.1, -0.05) is 48.0 Å². The Bertz CT molecular complexity index is 1660. The first-order chi connectivity index (χ1) is 20.1. The van der Waals surface area contributed by atoms with Gasteiger partial charge in [-0.2, -0.15) is 5.10 Å². The molecule has 0 N–H and O–H groups in total. The fourth-order valence-electron chi connectivity index (χ4n) is 4.69. The van der Waals surface area contributed by atoms with Crippen molar-refractivity contribution in [1.82, 2.24) is 15.2 Å². The van der Waals surface area contributed by atoms with E-state index in [0.717, 1.165) is 39.3 Å². The number of ether oxygens (including phenoxy) is 2. The summed E-state index contributed by atoms with van der Waals surface area (Å²) >= 11 is 0. The number of hydrazone groups is 1. The van der Waals surface area contributed by atoms with Gasteiger partial charge in [0, 0.05) is 17.5 Å². The average molecular weight is 545 g/mol. The summed E-state index contributed by atoms with van der Waals surface area (Å²) in [7, 11) is 1.64. The molecule has 0 saturated heterocycles. The molecule has 0 radical (unpaired) electrons. The molecule has 0 bridgehead atoms. The van der Waals surface area contributed by atoms with Crippen LogP contribution < -0.4 is 9.47 Å². The molecule has 1 aromatic heterocycles. The number of carbonyl (C=O) groups excluding carboxylic acids is 1. The van der Waals surface area contributed by atoms with E-state index in [1.807, 2.05) is 97.9 Å². The zero-order valence-electron chi connectivity index (χ0n) is 22.7. The van der Waals surface area contributed by atoms with Gasteiger partial charge in [-0.3, -0.25) is 4.79 Å². The molecule has 204 valence electrons. The van der Waals surface area contributed by atoms with E-state index in [-0.39, 0.29) is 18.6 Å². The number of rotatable bonds is 8. The van der Waals surface area contributed by atoms with E-state index in [0.29, 0.717) is 24.0 Å². The highest BCUT2D eigenvalue weighted by atomic mass is 16.5. The topological polar surface area (TPSA) is 90.0 Å². The van der Waals surface area contributed by atoms with Gasteiger partial charge in [0.2, 0.25) is 11.8 Å². The third kappa shape index (κ3) is 5.72. The highest BCUT2D eigenvalue weighted by molar-refractivity contribution is 6.03. The van der Waals surface area contributed by atoms with Gasteiger partial charge in [0.15, 0.2) is 6.61 Å². The Labute approximate surface area is 237 Å². The lowest BCUT2D eigenvalue weighted by Gasteiger charge is -2.22. The molecule has 6 rings (SSSR count). The van der Waals surface area contributed by atoms with Crippen LogP contribution in [-0.2, 0) is 4.79 Å². The predicted octanol–water partition coefficient (Wildman–Crippen LogP) is 6.48. The number of methoxy groups -OCH3 is 1. The Morgan fingerprint density at radius 1 is 0.805 bits per heavy atom. The molecule has 4 aromatic carbocycles. The zero-order valence-corrected chi connectivity index (χ0v) is 22.7. The van der Waals surface area contributed by atoms with Crippen molar-refractivity contribution in [2.45, 2.75) is 19.4 Å². The van der Waals surface area contributed by atoms with Crippen LogP contribution in [0.1, 0.15) is 29.2 Å². The minimum absolute atomic E-state index is 0.153. The second-order valence-electron chi connectivity index (χ2n) is 9.74. The van der Waals surface area contributed by atoms with Crippen molar-refractivity contribution in [1.29, 1.82) is 0 Å². The second-order valence-corrected chi connectivity index (χ2v) is 9.74. The lowest BCUT2D eigenvalue weighted by Crippen LogP contribution is -2.31. The largest absolute Gasteiger partial charge is 0.497 e. The third-order valence-corrected chi connectivity index (χ3v) is 6.96. The van der Waals surface area contributed by atoms with Crippen molar-refractivity contribution in [2.75, 3.05) is 13.7 Å². The minimum Gasteiger partial charge on any atom is -0.497 e. The highest BCUT2D eigenvalue weighted by Crippen LogP contribution is 2.33. The van der Waals surface area contributed by atoms with E-state index in [2.05, 4.69) is 10.2 Å². The van der Waals surface area contributed by atoms with E-state index in [4.69, 9.17) is 19.0 Å². The normalized spacial score (nSPS) is 14.5. The molecule has 1 unspecified atom stereocenters. The van der Waals surface area contributed by atoms with Crippen LogP contribution in [0.5, 0.6) is 11.5 Å². The van der Waals surface area contributed by atoms with Crippen molar-refractivity contribution in [3.05, 3.63) is 120 Å². The molecule has 2 heterocycles. The minimum atomic E-state index is -0.229. The Morgan fingerprint density at radius 3 is 2.07 bits per heavy atom. The first kappa shape index (κ1) is 26.0. The first-order valence-electron chi connectivity index (χ1n) is 13.3. The van der Waals surface area contributed by atoms with Gasteiger partial charge in [-0.05, 0) is 78.7 Å². The molecule has 8 nitrogen and oxygen atoms in total. The molecule has 41 heavy (non-hydrogen) atoms. The summed E-state index contributed by atoms with van der Waals surface area (Å²) in [6.45, 7) is 1.89. The van der Waals surface area contributed by atoms with Gasteiger partial charge >= 0.3 is 0 Å². The van der Waals surface area contributed by atoms with Crippen LogP contribution in [0, 0.1) is 6.92 Å². The predicted molar refractivity (Wildman–Crippen MR) is 156 cm³/mol. The van der Waals surface area contributed by atoms with Crippen LogP contribution in [0.25, 0.3) is 22.9 Å². The summed E-state index contributed by atoms with van der Waals surface area (Å²) in [4.78, 5) is 13.4. The number of carbonyl (C=O) groups is 1. The number of aryl methyl sites for hydroxylation is 1. The van der Waals surface area contributed by atoms with E-state index < -0.39 is 0 Å². The Morgan fingerprint density at radius 2 is 1.41 bits per heavy atom. The van der Waals surface area contributed by atoms with Crippen molar-refractivity contribution in [2.24, 2.45) is 5.10 Å². The number of hydrogen-bond donors (Lipinski definition) is 0. The van der Waals surface area contributed by atoms with Crippen LogP contribution in [-0.4, -0.2) is 40.5 Å². The van der Waals surface area contributed by atoms with Crippen molar-refractivity contribution >= 4 is 11.6 Å². The Balaban J connectivity index is 1.16. The number of nitrogens with zero attached hydrogens (tertiary/aromatic N) is 4. The molecule has 0 aliphatic carbocycles. The second kappa shape index (κ2) is 11.5. The van der Waals surface area contributed by atoms with Gasteiger partial charge in [0.1, 0.15) is 11.5 Å². The van der Waals surface area contributed by atoms with Gasteiger partial charge in [0.25, 0.3) is 5.91 Å². The summed E-state index contributed by atoms with van der Waals surface area (Å²) in [5.41, 5.74) is 5.58. The smallest absolute Gasteiger partial charge is 0.281 e. The Hall–Kier alpha value is -5.24. The molecule has 0 saturated carbocycles. The van der Waals surface area contributed by atoms with Crippen LogP contribution >= 0.6 is 0 Å². The fourth-order valence-corrected chi connectivity index (χ4v) is 4.69. The summed E-state index contributed by atoms with van der Waals surface area (Å²) in [5.74, 6) is 1.95. The first-order valence-corrected chi connectivity index (χ1v) is 13.3. The lowest BCUT2D eigenvalue weighted by molar-refractivity contribution is -0.135. The molecule has 0 spiro atoms. The number of aromatic nitrogens is 2. The van der Waals surface area contributed by atoms with Gasteiger partial charge < -0.3 is 13.9 Å². The molecule has 1 aliphatic heterocycles. The standard InChI is InChI=1S/C33H28N4O4/c1-22-8-10-24(11-9-22)30-20-29(23-12-16-27(39-2)17-13-23)36-37(30)31(38)21-40-28-18-14-26(15-19-28)33-35-34-32(41-33)25-6-4-3-5-7-25/h3-19,30H,20-21H2,1-2H3. The van der Waals surface area contributed by atoms with Crippen LogP contribution in [0.4, 0.5) is 0 Å². The molecule has 5 aromatic rings. The van der Waals surface area contributed by atoms with Crippen LogP contribution in [0.15, 0.2) is 113 Å². The molecular weight excluding hydrogens is 516 g/mol. The van der Waals surface area contributed by atoms with E-state index in [1.54, 1.807) is 24.3 Å². The number of benzene rings is 4. The molecule has 8 heteroatoms. The van der Waals surface area contributed by atoms with E-state index >= 15 is 0 Å². The maximum Gasteiger partial charge on any atom is 0.281 e. The summed E-state index contributed by atoms with van der Waals surface area (Å²) in [6.07, 6.45) is 0.602. The van der Waals surface area contributed by atoms with Crippen LogP contribution in [0.3, 0.4) is 0 Å². The fraction of sp³-hybridized carbons (Fsp3) is 0.152. The van der Waals surface area contributed by atoms with Gasteiger partial charge in [-0.25, -0.2) is 5.01 Å². The molecule has 1 aliphatic rings. The summed E-state index contributed by atoms with van der Waals surface area (Å²) in [5, 5.41) is 14.6. The molecular formula is C33H28N4O4. The average Bonchev–Trinajstić information content (AvgIpc) is 3.70. The molecule has 1 atom stereocenters. The van der Waals surface area contributed by atoms with Gasteiger partial charge in [-0.15, -0.1) is 10.2 Å². The third-order valence-electron chi connectivity index (χ3n) is 6.96. The summed E-state index contributed by atoms with van der Waals surface area (Å²) < 4.78 is 17.0. The van der Waals surface area contributed by atoms with Crippen molar-refractivity contribution in [3.63, 3.8) is 0 Å². The maximum atomic E-state index is 13.4. The van der Waals surface area contributed by atoms with Crippen LogP contribution in [0.2, 0.25) is 0 Å². The number of hydrogen-bond acceptors (Lipinski definition) is 7. The lowest BCUT2D eigenvalue weighted by atomic mass is 9.97. The number of amides is 1. The zero-order chi connectivity index (χ0) is 28.2.